The molecule has 1 aliphatic heterocycles. The molecule has 0 bridgehead atoms. The summed E-state index contributed by atoms with van der Waals surface area (Å²) < 4.78 is 34.0. The summed E-state index contributed by atoms with van der Waals surface area (Å²) in [5.41, 5.74) is 2.18. The third-order valence-corrected chi connectivity index (χ3v) is 7.02. The third-order valence-electron chi connectivity index (χ3n) is 7.02. The van der Waals surface area contributed by atoms with Crippen LogP contribution in [0.2, 0.25) is 0 Å². The number of carbonyl (C=O) groups is 1. The largest absolute Gasteiger partial charge is 0.504 e. The Morgan fingerprint density at radius 3 is 2.21 bits per heavy atom. The van der Waals surface area contributed by atoms with Crippen LogP contribution in [-0.4, -0.2) is 57.5 Å². The van der Waals surface area contributed by atoms with Gasteiger partial charge in [0.05, 0.1) is 20.8 Å². The van der Waals surface area contributed by atoms with Gasteiger partial charge in [-0.1, -0.05) is 42.5 Å². The van der Waals surface area contributed by atoms with E-state index in [-0.39, 0.29) is 35.7 Å². The maximum absolute atomic E-state index is 13.5. The number of carbonyl (C=O) groups excluding carboxylic acids is 1. The van der Waals surface area contributed by atoms with Gasteiger partial charge in [0.2, 0.25) is 0 Å². The van der Waals surface area contributed by atoms with Crippen molar-refractivity contribution in [2.24, 2.45) is 11.8 Å². The van der Waals surface area contributed by atoms with E-state index in [0.717, 1.165) is 5.56 Å². The molecule has 0 unspecified atom stereocenters. The van der Waals surface area contributed by atoms with Gasteiger partial charge >= 0.3 is 5.97 Å². The second-order valence-corrected chi connectivity index (χ2v) is 9.29. The number of ether oxygens (including phenoxy) is 6. The Morgan fingerprint density at radius 1 is 0.897 bits per heavy atom. The van der Waals surface area contributed by atoms with Crippen molar-refractivity contribution < 1.29 is 43.4 Å². The van der Waals surface area contributed by atoms with E-state index in [0.29, 0.717) is 23.3 Å². The van der Waals surface area contributed by atoms with Gasteiger partial charge < -0.3 is 38.6 Å². The molecule has 1 heterocycles. The summed E-state index contributed by atoms with van der Waals surface area (Å²) in [6.07, 6.45) is -1.79. The van der Waals surface area contributed by atoms with Crippen LogP contribution in [-0.2, 0) is 30.2 Å². The molecule has 0 spiro atoms. The molecule has 1 fully saturated rings. The van der Waals surface area contributed by atoms with Gasteiger partial charge in [0.1, 0.15) is 6.10 Å². The highest BCUT2D eigenvalue weighted by Crippen LogP contribution is 2.44. The summed E-state index contributed by atoms with van der Waals surface area (Å²) >= 11 is 0. The first-order valence-corrected chi connectivity index (χ1v) is 12.6. The zero-order valence-electron chi connectivity index (χ0n) is 22.4. The van der Waals surface area contributed by atoms with Gasteiger partial charge in [-0.15, -0.1) is 0 Å². The Morgan fingerprint density at radius 2 is 1.56 bits per heavy atom. The lowest BCUT2D eigenvalue weighted by Crippen LogP contribution is -2.31. The molecule has 0 saturated carbocycles. The van der Waals surface area contributed by atoms with Crippen molar-refractivity contribution in [1.29, 1.82) is 0 Å². The quantitative estimate of drug-likeness (QED) is 0.339. The lowest BCUT2D eigenvalue weighted by molar-refractivity contribution is -0.166. The number of phenols is 2. The first-order valence-electron chi connectivity index (χ1n) is 12.6. The number of phenolic OH excluding ortho intramolecular Hbond substituents is 2. The van der Waals surface area contributed by atoms with Gasteiger partial charge in [-0.3, -0.25) is 0 Å². The SMILES string of the molecule is COc1cc(C[C@@H]2[C@@H](OC)OC[C@@H]2[C@@H](OC(=O)[C@@H](OC)c2ccccc2)c2ccc(O)c(OC)c2)ccc1O. The first kappa shape index (κ1) is 28.2. The maximum Gasteiger partial charge on any atom is 0.340 e. The standard InChI is InChI=1S/C30H34O9/c1-34-25-15-18(10-12-23(25)31)14-21-22(17-38-30(21)37-4)27(20-11-13-24(32)26(16-20)35-2)39-29(33)28(36-3)19-8-6-5-7-9-19/h5-13,15-16,21-22,27-28,30-32H,14,17H2,1-4H3/t21-,22-,27-,28-,30-/m0/s1. The van der Waals surface area contributed by atoms with Crippen molar-refractivity contribution in [2.75, 3.05) is 35.0 Å². The predicted octanol–water partition coefficient (Wildman–Crippen LogP) is 4.56. The first-order chi connectivity index (χ1) is 18.9. The van der Waals surface area contributed by atoms with E-state index in [9.17, 15) is 15.0 Å². The summed E-state index contributed by atoms with van der Waals surface area (Å²) in [5, 5.41) is 20.3. The third kappa shape index (κ3) is 6.27. The van der Waals surface area contributed by atoms with Crippen LogP contribution in [0.1, 0.15) is 28.9 Å². The molecule has 4 rings (SSSR count). The molecule has 9 heteroatoms. The minimum absolute atomic E-state index is 0.0319. The Kier molecular flexibility index (Phi) is 9.29. The minimum Gasteiger partial charge on any atom is -0.504 e. The number of esters is 1. The van der Waals surface area contributed by atoms with Gasteiger partial charge in [0, 0.05) is 26.1 Å². The highest BCUT2D eigenvalue weighted by Gasteiger charge is 2.45. The summed E-state index contributed by atoms with van der Waals surface area (Å²) in [6, 6.07) is 19.1. The van der Waals surface area contributed by atoms with Crippen LogP contribution in [0.3, 0.4) is 0 Å². The van der Waals surface area contributed by atoms with E-state index < -0.39 is 24.5 Å². The van der Waals surface area contributed by atoms with Gasteiger partial charge in [0.25, 0.3) is 0 Å². The highest BCUT2D eigenvalue weighted by atomic mass is 16.7. The monoisotopic (exact) mass is 538 g/mol. The smallest absolute Gasteiger partial charge is 0.340 e. The second kappa shape index (κ2) is 12.8. The Balaban J connectivity index is 1.71. The molecule has 3 aromatic carbocycles. The summed E-state index contributed by atoms with van der Waals surface area (Å²) in [4.78, 5) is 13.5. The average Bonchev–Trinajstić information content (AvgIpc) is 3.36. The lowest BCUT2D eigenvalue weighted by atomic mass is 9.82. The van der Waals surface area contributed by atoms with Crippen LogP contribution >= 0.6 is 0 Å². The van der Waals surface area contributed by atoms with Gasteiger partial charge in [-0.2, -0.15) is 0 Å². The molecule has 5 atom stereocenters. The number of methoxy groups -OCH3 is 4. The van der Waals surface area contributed by atoms with E-state index in [1.165, 1.54) is 27.4 Å². The fourth-order valence-electron chi connectivity index (χ4n) is 5.04. The van der Waals surface area contributed by atoms with Crippen molar-refractivity contribution in [3.8, 4) is 23.0 Å². The predicted molar refractivity (Wildman–Crippen MR) is 142 cm³/mol. The number of hydrogen-bond donors (Lipinski definition) is 2. The molecule has 0 amide bonds. The zero-order chi connectivity index (χ0) is 27.9. The molecular formula is C30H34O9. The lowest BCUT2D eigenvalue weighted by Gasteiger charge is -2.30. The highest BCUT2D eigenvalue weighted by molar-refractivity contribution is 5.77. The van der Waals surface area contributed by atoms with Crippen LogP contribution in [0, 0.1) is 11.8 Å². The molecular weight excluding hydrogens is 504 g/mol. The normalized spacial score (nSPS) is 20.3. The van der Waals surface area contributed by atoms with Crippen LogP contribution < -0.4 is 9.47 Å². The van der Waals surface area contributed by atoms with Crippen molar-refractivity contribution in [2.45, 2.75) is 24.9 Å². The van der Waals surface area contributed by atoms with Crippen LogP contribution in [0.25, 0.3) is 0 Å². The van der Waals surface area contributed by atoms with Crippen molar-refractivity contribution in [3.63, 3.8) is 0 Å². The van der Waals surface area contributed by atoms with E-state index >= 15 is 0 Å². The fraction of sp³-hybridized carbons (Fsp3) is 0.367. The van der Waals surface area contributed by atoms with Gasteiger partial charge in [0.15, 0.2) is 35.4 Å². The summed E-state index contributed by atoms with van der Waals surface area (Å²) in [5.74, 6) is -0.516. The molecule has 1 aliphatic rings. The Hall–Kier alpha value is -3.79. The van der Waals surface area contributed by atoms with Crippen LogP contribution in [0.5, 0.6) is 23.0 Å². The molecule has 9 nitrogen and oxygen atoms in total. The number of rotatable bonds is 11. The molecule has 208 valence electrons. The zero-order valence-corrected chi connectivity index (χ0v) is 22.4. The van der Waals surface area contributed by atoms with Crippen molar-refractivity contribution >= 4 is 5.97 Å². The van der Waals surface area contributed by atoms with Gasteiger partial charge in [-0.05, 0) is 47.4 Å². The number of aromatic hydroxyl groups is 2. The summed E-state index contributed by atoms with van der Waals surface area (Å²) in [6.45, 7) is 0.252. The topological polar surface area (TPSA) is 113 Å². The molecule has 2 N–H and O–H groups in total. The van der Waals surface area contributed by atoms with Crippen molar-refractivity contribution in [1.82, 2.24) is 0 Å². The molecule has 3 aromatic rings. The molecule has 0 radical (unpaired) electrons. The van der Waals surface area contributed by atoms with E-state index in [2.05, 4.69) is 0 Å². The maximum atomic E-state index is 13.5. The Labute approximate surface area is 227 Å². The number of hydrogen-bond acceptors (Lipinski definition) is 9. The van der Waals surface area contributed by atoms with Crippen molar-refractivity contribution in [3.05, 3.63) is 83.4 Å². The second-order valence-electron chi connectivity index (χ2n) is 9.29. The minimum atomic E-state index is -0.937. The Bertz CT molecular complexity index is 1250. The van der Waals surface area contributed by atoms with Gasteiger partial charge in [-0.25, -0.2) is 4.79 Å². The van der Waals surface area contributed by atoms with Crippen LogP contribution in [0.15, 0.2) is 66.7 Å². The molecule has 1 saturated heterocycles. The summed E-state index contributed by atoms with van der Waals surface area (Å²) in [7, 11) is 5.97. The molecule has 39 heavy (non-hydrogen) atoms. The molecule has 0 aromatic heterocycles. The van der Waals surface area contributed by atoms with E-state index in [4.69, 9.17) is 28.4 Å². The average molecular weight is 539 g/mol. The molecule has 0 aliphatic carbocycles. The van der Waals surface area contributed by atoms with E-state index in [1.54, 1.807) is 49.6 Å². The van der Waals surface area contributed by atoms with Crippen LogP contribution in [0.4, 0.5) is 0 Å². The number of benzene rings is 3. The fourth-order valence-corrected chi connectivity index (χ4v) is 5.04. The van der Waals surface area contributed by atoms with E-state index in [1.807, 2.05) is 18.2 Å².